The zero-order valence-corrected chi connectivity index (χ0v) is 13.6. The van der Waals surface area contributed by atoms with E-state index in [0.29, 0.717) is 24.3 Å². The number of para-hydroxylation sites is 2. The Bertz CT molecular complexity index is 590. The molecular weight excluding hydrogens is 292 g/mol. The molecule has 2 aliphatic rings. The summed E-state index contributed by atoms with van der Waals surface area (Å²) < 4.78 is 5.25. The predicted molar refractivity (Wildman–Crippen MR) is 88.3 cm³/mol. The van der Waals surface area contributed by atoms with E-state index in [1.165, 1.54) is 6.42 Å². The molecule has 0 aliphatic heterocycles. The third-order valence-electron chi connectivity index (χ3n) is 4.91. The van der Waals surface area contributed by atoms with E-state index >= 15 is 0 Å². The minimum Gasteiger partial charge on any atom is -0.495 e. The van der Waals surface area contributed by atoms with Crippen LogP contribution in [-0.4, -0.2) is 25.0 Å². The van der Waals surface area contributed by atoms with E-state index in [-0.39, 0.29) is 17.9 Å². The molecule has 2 aliphatic carbocycles. The van der Waals surface area contributed by atoms with Crippen molar-refractivity contribution < 1.29 is 14.3 Å². The maximum Gasteiger partial charge on any atom is 0.240 e. The van der Waals surface area contributed by atoms with E-state index in [2.05, 4.69) is 10.6 Å². The van der Waals surface area contributed by atoms with Crippen LogP contribution in [0.2, 0.25) is 0 Å². The fourth-order valence-corrected chi connectivity index (χ4v) is 3.24. The number of rotatable bonds is 5. The monoisotopic (exact) mass is 316 g/mol. The van der Waals surface area contributed by atoms with Gasteiger partial charge in [-0.25, -0.2) is 0 Å². The lowest BCUT2D eigenvalue weighted by molar-refractivity contribution is -0.135. The highest BCUT2D eigenvalue weighted by atomic mass is 16.5. The molecule has 2 fully saturated rings. The number of ether oxygens (including phenoxy) is 1. The Hall–Kier alpha value is -2.04. The molecular formula is C18H24N2O3. The van der Waals surface area contributed by atoms with Crippen molar-refractivity contribution >= 4 is 17.5 Å². The first-order chi connectivity index (χ1) is 11.2. The average Bonchev–Trinajstić information content (AvgIpc) is 3.38. The Labute approximate surface area is 136 Å². The Balaban J connectivity index is 1.65. The zero-order chi connectivity index (χ0) is 16.3. The third kappa shape index (κ3) is 3.33. The molecule has 0 atom stereocenters. The van der Waals surface area contributed by atoms with Crippen LogP contribution in [0.5, 0.6) is 5.75 Å². The standard InChI is InChI=1S/C18H24N2O3/c1-23-15-10-6-5-9-14(15)20-17(22)18(11-12-18)16(21)19-13-7-3-2-4-8-13/h5-6,9-10,13H,2-4,7-8,11-12H2,1H3,(H,19,21)(H,20,22). The average molecular weight is 316 g/mol. The highest BCUT2D eigenvalue weighted by Crippen LogP contribution is 2.47. The molecule has 5 nitrogen and oxygen atoms in total. The van der Waals surface area contributed by atoms with Crippen LogP contribution in [-0.2, 0) is 9.59 Å². The number of hydrogen-bond acceptors (Lipinski definition) is 3. The van der Waals surface area contributed by atoms with Gasteiger partial charge in [-0.3, -0.25) is 9.59 Å². The van der Waals surface area contributed by atoms with Crippen molar-refractivity contribution in [1.82, 2.24) is 5.32 Å². The lowest BCUT2D eigenvalue weighted by atomic mass is 9.94. The van der Waals surface area contributed by atoms with Crippen molar-refractivity contribution in [2.75, 3.05) is 12.4 Å². The SMILES string of the molecule is COc1ccccc1NC(=O)C1(C(=O)NC2CCCCC2)CC1. The van der Waals surface area contributed by atoms with Gasteiger partial charge in [0.05, 0.1) is 12.8 Å². The number of methoxy groups -OCH3 is 1. The van der Waals surface area contributed by atoms with Crippen LogP contribution in [0.1, 0.15) is 44.9 Å². The maximum atomic E-state index is 12.6. The maximum absolute atomic E-state index is 12.6. The highest BCUT2D eigenvalue weighted by molar-refractivity contribution is 6.13. The lowest BCUT2D eigenvalue weighted by Gasteiger charge is -2.25. The second-order valence-corrected chi connectivity index (χ2v) is 6.54. The van der Waals surface area contributed by atoms with Crippen LogP contribution in [0.15, 0.2) is 24.3 Å². The minimum absolute atomic E-state index is 0.114. The molecule has 2 saturated carbocycles. The van der Waals surface area contributed by atoms with Gasteiger partial charge in [0.1, 0.15) is 11.2 Å². The summed E-state index contributed by atoms with van der Waals surface area (Å²) in [7, 11) is 1.56. The van der Waals surface area contributed by atoms with Gasteiger partial charge < -0.3 is 15.4 Å². The minimum atomic E-state index is -0.891. The third-order valence-corrected chi connectivity index (χ3v) is 4.91. The van der Waals surface area contributed by atoms with Crippen LogP contribution in [0.25, 0.3) is 0 Å². The first-order valence-electron chi connectivity index (χ1n) is 8.41. The van der Waals surface area contributed by atoms with Crippen molar-refractivity contribution in [2.45, 2.75) is 51.0 Å². The molecule has 0 heterocycles. The Kier molecular flexibility index (Phi) is 4.55. The number of nitrogens with one attached hydrogen (secondary N) is 2. The van der Waals surface area contributed by atoms with Gasteiger partial charge in [0.25, 0.3) is 0 Å². The summed E-state index contributed by atoms with van der Waals surface area (Å²) in [6, 6.07) is 7.48. The molecule has 0 unspecified atom stereocenters. The van der Waals surface area contributed by atoms with Gasteiger partial charge in [-0.2, -0.15) is 0 Å². The summed E-state index contributed by atoms with van der Waals surface area (Å²) in [5.41, 5.74) is -0.282. The summed E-state index contributed by atoms with van der Waals surface area (Å²) in [6.45, 7) is 0. The summed E-state index contributed by atoms with van der Waals surface area (Å²) in [6.07, 6.45) is 6.84. The molecule has 3 rings (SSSR count). The quantitative estimate of drug-likeness (QED) is 0.821. The molecule has 23 heavy (non-hydrogen) atoms. The molecule has 0 bridgehead atoms. The van der Waals surface area contributed by atoms with Gasteiger partial charge in [-0.1, -0.05) is 31.4 Å². The Morgan fingerprint density at radius 3 is 2.43 bits per heavy atom. The largest absolute Gasteiger partial charge is 0.495 e. The molecule has 0 spiro atoms. The Morgan fingerprint density at radius 1 is 1.09 bits per heavy atom. The first-order valence-corrected chi connectivity index (χ1v) is 8.41. The first kappa shape index (κ1) is 15.8. The van der Waals surface area contributed by atoms with Crippen LogP contribution in [0.4, 0.5) is 5.69 Å². The summed E-state index contributed by atoms with van der Waals surface area (Å²) >= 11 is 0. The summed E-state index contributed by atoms with van der Waals surface area (Å²) in [4.78, 5) is 25.2. The van der Waals surface area contributed by atoms with Gasteiger partial charge in [-0.15, -0.1) is 0 Å². The highest BCUT2D eigenvalue weighted by Gasteiger charge is 2.56. The number of amides is 2. The number of carbonyl (C=O) groups is 2. The van der Waals surface area contributed by atoms with E-state index in [4.69, 9.17) is 4.74 Å². The Morgan fingerprint density at radius 2 is 1.78 bits per heavy atom. The van der Waals surface area contributed by atoms with Crippen LogP contribution >= 0.6 is 0 Å². The van der Waals surface area contributed by atoms with E-state index in [1.807, 2.05) is 12.1 Å². The molecule has 0 radical (unpaired) electrons. The molecule has 2 N–H and O–H groups in total. The van der Waals surface area contributed by atoms with Crippen LogP contribution in [0, 0.1) is 5.41 Å². The summed E-state index contributed by atoms with van der Waals surface area (Å²) in [5, 5.41) is 5.94. The fraction of sp³-hybridized carbons (Fsp3) is 0.556. The van der Waals surface area contributed by atoms with E-state index < -0.39 is 5.41 Å². The van der Waals surface area contributed by atoms with Crippen molar-refractivity contribution in [1.29, 1.82) is 0 Å². The second-order valence-electron chi connectivity index (χ2n) is 6.54. The van der Waals surface area contributed by atoms with E-state index in [9.17, 15) is 9.59 Å². The van der Waals surface area contributed by atoms with Crippen LogP contribution < -0.4 is 15.4 Å². The smallest absolute Gasteiger partial charge is 0.240 e. The predicted octanol–water partition coefficient (Wildman–Crippen LogP) is 2.86. The van der Waals surface area contributed by atoms with Crippen molar-refractivity contribution in [3.8, 4) is 5.75 Å². The van der Waals surface area contributed by atoms with E-state index in [1.54, 1.807) is 19.2 Å². The van der Waals surface area contributed by atoms with E-state index in [0.717, 1.165) is 25.7 Å². The number of hydrogen-bond donors (Lipinski definition) is 2. The van der Waals surface area contributed by atoms with Gasteiger partial charge in [0.15, 0.2) is 0 Å². The summed E-state index contributed by atoms with van der Waals surface area (Å²) in [5.74, 6) is 0.261. The van der Waals surface area contributed by atoms with Crippen LogP contribution in [0.3, 0.4) is 0 Å². The molecule has 5 heteroatoms. The molecule has 1 aromatic carbocycles. The van der Waals surface area contributed by atoms with Gasteiger partial charge >= 0.3 is 0 Å². The van der Waals surface area contributed by atoms with Crippen molar-refractivity contribution in [3.63, 3.8) is 0 Å². The fourth-order valence-electron chi connectivity index (χ4n) is 3.24. The zero-order valence-electron chi connectivity index (χ0n) is 13.6. The molecule has 0 aromatic heterocycles. The second kappa shape index (κ2) is 6.60. The molecule has 1 aromatic rings. The molecule has 2 amide bonds. The molecule has 0 saturated heterocycles. The molecule has 124 valence electrons. The van der Waals surface area contributed by atoms with Gasteiger partial charge in [0, 0.05) is 6.04 Å². The number of carbonyl (C=O) groups excluding carboxylic acids is 2. The van der Waals surface area contributed by atoms with Gasteiger partial charge in [0.2, 0.25) is 11.8 Å². The van der Waals surface area contributed by atoms with Gasteiger partial charge in [-0.05, 0) is 37.8 Å². The lowest BCUT2D eigenvalue weighted by Crippen LogP contribution is -2.45. The number of anilines is 1. The number of benzene rings is 1. The topological polar surface area (TPSA) is 67.4 Å². The van der Waals surface area contributed by atoms with Crippen molar-refractivity contribution in [2.24, 2.45) is 5.41 Å². The normalized spacial score (nSPS) is 19.7. The van der Waals surface area contributed by atoms with Crippen molar-refractivity contribution in [3.05, 3.63) is 24.3 Å².